The van der Waals surface area contributed by atoms with E-state index in [1.807, 2.05) is 50.7 Å². The molecule has 0 N–H and O–H groups in total. The molecule has 2 atom stereocenters. The molecule has 39 heavy (non-hydrogen) atoms. The highest BCUT2D eigenvalue weighted by molar-refractivity contribution is 5.85. The van der Waals surface area contributed by atoms with Crippen LogP contribution in [0.5, 0.6) is 0 Å². The highest BCUT2D eigenvalue weighted by atomic mass is 16.6. The Morgan fingerprint density at radius 1 is 0.872 bits per heavy atom. The summed E-state index contributed by atoms with van der Waals surface area (Å²) in [5.74, 6) is 1.29. The summed E-state index contributed by atoms with van der Waals surface area (Å²) < 4.78 is 9.90. The number of aromatic nitrogens is 4. The van der Waals surface area contributed by atoms with Crippen LogP contribution in [0.3, 0.4) is 0 Å². The number of fused-ring (bicyclic) bond motifs is 2. The first kappa shape index (κ1) is 25.2. The van der Waals surface area contributed by atoms with E-state index < -0.39 is 5.60 Å². The average Bonchev–Trinajstić information content (AvgIpc) is 3.57. The standard InChI is InChI=1S/C32H35N5O2/c1-20-15-29(37(18-20)31(38)39-32(2,3)4)30-34-26-14-12-24(17-28(26)36(30)6)22-9-7-21(8-10-22)23-11-13-25-27(16-23)35(5)19-33-25/h7-14,16-17,19-20,29H,15,18H2,1-6H3/t20-,29-/m0/s1. The van der Waals surface area contributed by atoms with Gasteiger partial charge in [0.15, 0.2) is 0 Å². The van der Waals surface area contributed by atoms with E-state index in [2.05, 4.69) is 77.1 Å². The topological polar surface area (TPSA) is 65.2 Å². The Bertz CT molecular complexity index is 1690. The van der Waals surface area contributed by atoms with Crippen molar-refractivity contribution in [3.8, 4) is 22.3 Å². The van der Waals surface area contributed by atoms with Gasteiger partial charge in [0.25, 0.3) is 0 Å². The third-order valence-corrected chi connectivity index (χ3v) is 7.63. The monoisotopic (exact) mass is 521 g/mol. The molecular weight excluding hydrogens is 486 g/mol. The van der Waals surface area contributed by atoms with Gasteiger partial charge in [-0.05, 0) is 79.6 Å². The molecule has 1 saturated heterocycles. The summed E-state index contributed by atoms with van der Waals surface area (Å²) in [6, 6.07) is 21.4. The van der Waals surface area contributed by atoms with E-state index >= 15 is 0 Å². The first-order valence-electron chi connectivity index (χ1n) is 13.6. The summed E-state index contributed by atoms with van der Waals surface area (Å²) in [5, 5.41) is 0. The molecule has 7 nitrogen and oxygen atoms in total. The summed E-state index contributed by atoms with van der Waals surface area (Å²) in [4.78, 5) is 24.3. The van der Waals surface area contributed by atoms with Crippen LogP contribution in [0.4, 0.5) is 4.79 Å². The van der Waals surface area contributed by atoms with Gasteiger partial charge in [-0.15, -0.1) is 0 Å². The molecule has 3 aromatic carbocycles. The molecule has 6 rings (SSSR count). The molecule has 7 heteroatoms. The first-order valence-corrected chi connectivity index (χ1v) is 13.6. The second-order valence-corrected chi connectivity index (χ2v) is 11.9. The predicted octanol–water partition coefficient (Wildman–Crippen LogP) is 7.11. The number of benzene rings is 3. The van der Waals surface area contributed by atoms with Crippen LogP contribution in [0.2, 0.25) is 0 Å². The van der Waals surface area contributed by atoms with Gasteiger partial charge >= 0.3 is 6.09 Å². The number of likely N-dealkylation sites (tertiary alicyclic amines) is 1. The number of ether oxygens (including phenoxy) is 1. The van der Waals surface area contributed by atoms with E-state index in [9.17, 15) is 4.79 Å². The molecular formula is C32H35N5O2. The summed E-state index contributed by atoms with van der Waals surface area (Å²) in [7, 11) is 4.06. The smallest absolute Gasteiger partial charge is 0.410 e. The minimum Gasteiger partial charge on any atom is -0.444 e. The number of hydrogen-bond acceptors (Lipinski definition) is 4. The number of amides is 1. The third kappa shape index (κ3) is 4.67. The van der Waals surface area contributed by atoms with Crippen molar-refractivity contribution >= 4 is 28.2 Å². The molecule has 3 heterocycles. The molecule has 0 saturated carbocycles. The summed E-state index contributed by atoms with van der Waals surface area (Å²) in [6.07, 6.45) is 2.45. The van der Waals surface area contributed by atoms with Crippen LogP contribution in [-0.2, 0) is 18.8 Å². The maximum absolute atomic E-state index is 13.0. The molecule has 0 unspecified atom stereocenters. The van der Waals surface area contributed by atoms with E-state index in [0.717, 1.165) is 45.4 Å². The second-order valence-electron chi connectivity index (χ2n) is 11.9. The minimum absolute atomic E-state index is 0.105. The normalized spacial score (nSPS) is 17.8. The first-order chi connectivity index (χ1) is 18.6. The van der Waals surface area contributed by atoms with Crippen molar-refractivity contribution in [3.05, 3.63) is 72.8 Å². The summed E-state index contributed by atoms with van der Waals surface area (Å²) in [6.45, 7) is 8.57. The lowest BCUT2D eigenvalue weighted by Crippen LogP contribution is -2.37. The molecule has 0 spiro atoms. The number of carbonyl (C=O) groups is 1. The quantitative estimate of drug-likeness (QED) is 0.254. The Hall–Kier alpha value is -4.13. The molecule has 200 valence electrons. The maximum Gasteiger partial charge on any atom is 0.410 e. The van der Waals surface area contributed by atoms with Crippen molar-refractivity contribution in [1.29, 1.82) is 0 Å². The van der Waals surface area contributed by atoms with Crippen LogP contribution >= 0.6 is 0 Å². The van der Waals surface area contributed by atoms with Crippen LogP contribution in [-0.4, -0.2) is 42.2 Å². The molecule has 1 aliphatic heterocycles. The molecule has 1 aliphatic rings. The van der Waals surface area contributed by atoms with Crippen molar-refractivity contribution in [1.82, 2.24) is 24.0 Å². The zero-order valence-corrected chi connectivity index (χ0v) is 23.5. The lowest BCUT2D eigenvalue weighted by Gasteiger charge is -2.28. The number of rotatable bonds is 3. The zero-order valence-electron chi connectivity index (χ0n) is 23.5. The molecule has 1 fully saturated rings. The maximum atomic E-state index is 13.0. The minimum atomic E-state index is -0.532. The van der Waals surface area contributed by atoms with E-state index in [1.165, 1.54) is 11.1 Å². The summed E-state index contributed by atoms with van der Waals surface area (Å²) >= 11 is 0. The van der Waals surface area contributed by atoms with Gasteiger partial charge in [-0.2, -0.15) is 0 Å². The highest BCUT2D eigenvalue weighted by Crippen LogP contribution is 2.37. The molecule has 2 aromatic heterocycles. The number of hydrogen-bond donors (Lipinski definition) is 0. The Morgan fingerprint density at radius 2 is 1.46 bits per heavy atom. The fraction of sp³-hybridized carbons (Fsp3) is 0.344. The zero-order chi connectivity index (χ0) is 27.5. The summed E-state index contributed by atoms with van der Waals surface area (Å²) in [5.41, 5.74) is 8.20. The Labute approximate surface area is 229 Å². The van der Waals surface area contributed by atoms with Gasteiger partial charge in [-0.1, -0.05) is 43.3 Å². The Kier molecular flexibility index (Phi) is 5.97. The molecule has 0 bridgehead atoms. The van der Waals surface area contributed by atoms with Gasteiger partial charge in [0, 0.05) is 20.6 Å². The number of imidazole rings is 2. The molecule has 0 radical (unpaired) electrons. The van der Waals surface area contributed by atoms with Gasteiger partial charge in [0.1, 0.15) is 11.4 Å². The number of nitrogens with zero attached hydrogens (tertiary/aromatic N) is 5. The van der Waals surface area contributed by atoms with Crippen molar-refractivity contribution in [3.63, 3.8) is 0 Å². The van der Waals surface area contributed by atoms with E-state index in [-0.39, 0.29) is 12.1 Å². The van der Waals surface area contributed by atoms with Gasteiger partial charge in [0.05, 0.1) is 34.4 Å². The Balaban J connectivity index is 1.30. The van der Waals surface area contributed by atoms with Gasteiger partial charge in [-0.25, -0.2) is 14.8 Å². The van der Waals surface area contributed by atoms with Crippen molar-refractivity contribution in [2.75, 3.05) is 6.54 Å². The largest absolute Gasteiger partial charge is 0.444 e. The average molecular weight is 522 g/mol. The predicted molar refractivity (Wildman–Crippen MR) is 155 cm³/mol. The van der Waals surface area contributed by atoms with Gasteiger partial charge in [0.2, 0.25) is 0 Å². The second kappa shape index (κ2) is 9.26. The fourth-order valence-corrected chi connectivity index (χ4v) is 5.66. The third-order valence-electron chi connectivity index (χ3n) is 7.63. The lowest BCUT2D eigenvalue weighted by atomic mass is 10.00. The van der Waals surface area contributed by atoms with Crippen LogP contribution < -0.4 is 0 Å². The van der Waals surface area contributed by atoms with Crippen molar-refractivity contribution in [2.24, 2.45) is 20.0 Å². The van der Waals surface area contributed by atoms with E-state index in [0.29, 0.717) is 12.5 Å². The van der Waals surface area contributed by atoms with E-state index in [4.69, 9.17) is 9.72 Å². The van der Waals surface area contributed by atoms with Crippen LogP contribution in [0.25, 0.3) is 44.3 Å². The van der Waals surface area contributed by atoms with Crippen molar-refractivity contribution in [2.45, 2.75) is 45.8 Å². The van der Waals surface area contributed by atoms with Crippen LogP contribution in [0, 0.1) is 5.92 Å². The lowest BCUT2D eigenvalue weighted by molar-refractivity contribution is 0.0212. The van der Waals surface area contributed by atoms with Gasteiger partial charge in [-0.3, -0.25) is 4.90 Å². The fourth-order valence-electron chi connectivity index (χ4n) is 5.66. The molecule has 1 amide bonds. The SMILES string of the molecule is C[C@H]1C[C@@H](c2nc3ccc(-c4ccc(-c5ccc6ncn(C)c6c5)cc4)cc3n2C)N(C(=O)OC(C)(C)C)C1. The highest BCUT2D eigenvalue weighted by Gasteiger charge is 2.39. The van der Waals surface area contributed by atoms with E-state index in [1.54, 1.807) is 0 Å². The van der Waals surface area contributed by atoms with Crippen molar-refractivity contribution < 1.29 is 9.53 Å². The Morgan fingerprint density at radius 3 is 2.10 bits per heavy atom. The molecule has 0 aliphatic carbocycles. The number of aryl methyl sites for hydroxylation is 2. The molecule has 5 aromatic rings. The van der Waals surface area contributed by atoms with Crippen LogP contribution in [0.15, 0.2) is 67.0 Å². The van der Waals surface area contributed by atoms with Gasteiger partial charge < -0.3 is 13.9 Å². The number of carbonyl (C=O) groups excluding carboxylic acids is 1. The van der Waals surface area contributed by atoms with Crippen LogP contribution in [0.1, 0.15) is 46.0 Å².